The van der Waals surface area contributed by atoms with Crippen LogP contribution in [0.25, 0.3) is 11.0 Å². The normalized spacial score (nSPS) is 12.0. The van der Waals surface area contributed by atoms with Crippen LogP contribution in [0.4, 0.5) is 0 Å². The molecule has 1 aromatic heterocycles. The van der Waals surface area contributed by atoms with Crippen LogP contribution in [0.2, 0.25) is 5.02 Å². The molecule has 4 nitrogen and oxygen atoms in total. The van der Waals surface area contributed by atoms with Crippen molar-refractivity contribution in [3.8, 4) is 0 Å². The molecule has 0 aliphatic carbocycles. The second kappa shape index (κ2) is 6.50. The third kappa shape index (κ3) is 4.08. The van der Waals surface area contributed by atoms with E-state index in [0.29, 0.717) is 5.02 Å². The van der Waals surface area contributed by atoms with Gasteiger partial charge in [0.1, 0.15) is 0 Å². The minimum absolute atomic E-state index is 0.00322. The molecule has 0 amide bonds. The number of hydrogen-bond acceptors (Lipinski definition) is 4. The second-order valence-corrected chi connectivity index (χ2v) is 8.15. The van der Waals surface area contributed by atoms with E-state index in [2.05, 4.69) is 29.7 Å². The molecule has 0 saturated heterocycles. The van der Waals surface area contributed by atoms with Crippen molar-refractivity contribution in [3.63, 3.8) is 0 Å². The van der Waals surface area contributed by atoms with E-state index in [1.165, 1.54) is 11.8 Å². The highest BCUT2D eigenvalue weighted by molar-refractivity contribution is 8.00. The molecule has 1 N–H and O–H groups in total. The Hall–Kier alpha value is -0.850. The van der Waals surface area contributed by atoms with Crippen LogP contribution in [0.3, 0.4) is 0 Å². The first-order chi connectivity index (χ1) is 9.82. The minimum atomic E-state index is -0.847. The Kier molecular flexibility index (Phi) is 5.11. The third-order valence-corrected chi connectivity index (χ3v) is 5.52. The maximum absolute atomic E-state index is 10.8. The van der Waals surface area contributed by atoms with Gasteiger partial charge in [0.15, 0.2) is 5.16 Å². The average molecular weight is 345 g/mol. The molecule has 0 unspecified atom stereocenters. The Morgan fingerprint density at radius 2 is 2.19 bits per heavy atom. The van der Waals surface area contributed by atoms with Crippen LogP contribution in [0.15, 0.2) is 23.4 Å². The molecule has 114 valence electrons. The molecule has 0 fully saturated rings. The monoisotopic (exact) mass is 344 g/mol. The number of hydrogen-bond donors (Lipinski definition) is 1. The van der Waals surface area contributed by atoms with Crippen LogP contribution in [0.5, 0.6) is 0 Å². The molecule has 0 bridgehead atoms. The Bertz CT molecular complexity index is 670. The summed E-state index contributed by atoms with van der Waals surface area (Å²) < 4.78 is 2.11. The summed E-state index contributed by atoms with van der Waals surface area (Å²) in [5, 5.41) is 10.2. The molecular weight excluding hydrogens is 328 g/mol. The topological polar surface area (TPSA) is 55.1 Å². The van der Waals surface area contributed by atoms with Gasteiger partial charge in [0.05, 0.1) is 16.8 Å². The zero-order chi connectivity index (χ0) is 15.6. The minimum Gasteiger partial charge on any atom is -0.481 e. The SMILES string of the molecule is CSC(C)(C)Cn1c(SCC(=O)O)nc2cc(Cl)ccc21. The lowest BCUT2D eigenvalue weighted by Gasteiger charge is -2.24. The van der Waals surface area contributed by atoms with E-state index in [-0.39, 0.29) is 10.5 Å². The quantitative estimate of drug-likeness (QED) is 0.802. The number of aliphatic carboxylic acids is 1. The van der Waals surface area contributed by atoms with Gasteiger partial charge in [-0.25, -0.2) is 4.98 Å². The van der Waals surface area contributed by atoms with Gasteiger partial charge in [-0.15, -0.1) is 0 Å². The van der Waals surface area contributed by atoms with E-state index in [1.807, 2.05) is 18.2 Å². The number of carbonyl (C=O) groups is 1. The van der Waals surface area contributed by atoms with Crippen LogP contribution >= 0.6 is 35.1 Å². The summed E-state index contributed by atoms with van der Waals surface area (Å²) in [5.41, 5.74) is 1.78. The van der Waals surface area contributed by atoms with Crippen LogP contribution in [0.1, 0.15) is 13.8 Å². The van der Waals surface area contributed by atoms with Gasteiger partial charge in [-0.2, -0.15) is 11.8 Å². The number of fused-ring (bicyclic) bond motifs is 1. The molecule has 0 aliphatic rings. The predicted octanol–water partition coefficient (Wildman–Crippen LogP) is 4.01. The zero-order valence-corrected chi connectivity index (χ0v) is 14.5. The zero-order valence-electron chi connectivity index (χ0n) is 12.1. The first-order valence-electron chi connectivity index (χ1n) is 6.38. The molecule has 21 heavy (non-hydrogen) atoms. The third-order valence-electron chi connectivity index (χ3n) is 3.09. The van der Waals surface area contributed by atoms with E-state index < -0.39 is 5.97 Å². The maximum Gasteiger partial charge on any atom is 0.313 e. The van der Waals surface area contributed by atoms with E-state index in [1.54, 1.807) is 11.8 Å². The summed E-state index contributed by atoms with van der Waals surface area (Å²) >= 11 is 9.02. The van der Waals surface area contributed by atoms with Crippen LogP contribution < -0.4 is 0 Å². The van der Waals surface area contributed by atoms with Crippen molar-refractivity contribution in [2.75, 3.05) is 12.0 Å². The van der Waals surface area contributed by atoms with E-state index in [9.17, 15) is 4.79 Å². The van der Waals surface area contributed by atoms with Gasteiger partial charge >= 0.3 is 5.97 Å². The number of nitrogens with zero attached hydrogens (tertiary/aromatic N) is 2. The molecule has 2 rings (SSSR count). The summed E-state index contributed by atoms with van der Waals surface area (Å²) in [5.74, 6) is -0.850. The van der Waals surface area contributed by atoms with Gasteiger partial charge in [-0.05, 0) is 38.3 Å². The summed E-state index contributed by atoms with van der Waals surface area (Å²) in [6.45, 7) is 5.07. The summed E-state index contributed by atoms with van der Waals surface area (Å²) in [7, 11) is 0. The second-order valence-electron chi connectivity index (χ2n) is 5.26. The molecule has 0 radical (unpaired) electrons. The predicted molar refractivity (Wildman–Crippen MR) is 90.7 cm³/mol. The molecule has 0 atom stereocenters. The lowest BCUT2D eigenvalue weighted by molar-refractivity contribution is -0.133. The van der Waals surface area contributed by atoms with E-state index >= 15 is 0 Å². The summed E-state index contributed by atoms with van der Waals surface area (Å²) in [4.78, 5) is 15.3. The first-order valence-corrected chi connectivity index (χ1v) is 8.97. The van der Waals surface area contributed by atoms with Gasteiger partial charge in [0, 0.05) is 16.3 Å². The molecule has 2 aromatic rings. The fourth-order valence-corrected chi connectivity index (χ4v) is 3.07. The molecule has 1 aromatic carbocycles. The van der Waals surface area contributed by atoms with Crippen molar-refractivity contribution in [2.45, 2.75) is 30.3 Å². The largest absolute Gasteiger partial charge is 0.481 e. The van der Waals surface area contributed by atoms with E-state index in [0.717, 1.165) is 22.7 Å². The van der Waals surface area contributed by atoms with Crippen LogP contribution in [0, 0.1) is 0 Å². The number of carboxylic acids is 1. The number of rotatable bonds is 6. The Balaban J connectivity index is 2.46. The van der Waals surface area contributed by atoms with Gasteiger partial charge in [0.2, 0.25) is 0 Å². The van der Waals surface area contributed by atoms with Gasteiger partial charge in [-0.1, -0.05) is 23.4 Å². The summed E-state index contributed by atoms with van der Waals surface area (Å²) in [6.07, 6.45) is 2.07. The summed E-state index contributed by atoms with van der Waals surface area (Å²) in [6, 6.07) is 5.58. The van der Waals surface area contributed by atoms with Gasteiger partial charge < -0.3 is 9.67 Å². The van der Waals surface area contributed by atoms with Crippen molar-refractivity contribution >= 4 is 52.1 Å². The molecular formula is C14H17ClN2O2S2. The molecule has 0 aliphatic heterocycles. The van der Waals surface area contributed by atoms with Crippen LogP contribution in [-0.4, -0.2) is 37.4 Å². The smallest absolute Gasteiger partial charge is 0.313 e. The molecule has 0 saturated carbocycles. The van der Waals surface area contributed by atoms with Crippen molar-refractivity contribution in [3.05, 3.63) is 23.2 Å². The highest BCUT2D eigenvalue weighted by atomic mass is 35.5. The van der Waals surface area contributed by atoms with E-state index in [4.69, 9.17) is 16.7 Å². The molecule has 7 heteroatoms. The van der Waals surface area contributed by atoms with Crippen molar-refractivity contribution < 1.29 is 9.90 Å². The highest BCUT2D eigenvalue weighted by Crippen LogP contribution is 2.31. The lowest BCUT2D eigenvalue weighted by Crippen LogP contribution is -2.23. The standard InChI is InChI=1S/C14H17ClN2O2S2/c1-14(2,20-3)8-17-11-5-4-9(15)6-10(11)16-13(17)21-7-12(18)19/h4-6H,7-8H2,1-3H3,(H,18,19). The Morgan fingerprint density at radius 3 is 2.81 bits per heavy atom. The Labute approximate surface area is 137 Å². The molecule has 0 spiro atoms. The maximum atomic E-state index is 10.8. The number of imidazole rings is 1. The van der Waals surface area contributed by atoms with Gasteiger partial charge in [-0.3, -0.25) is 4.79 Å². The van der Waals surface area contributed by atoms with Crippen molar-refractivity contribution in [1.82, 2.24) is 9.55 Å². The van der Waals surface area contributed by atoms with Crippen molar-refractivity contribution in [2.24, 2.45) is 0 Å². The van der Waals surface area contributed by atoms with Gasteiger partial charge in [0.25, 0.3) is 0 Å². The fourth-order valence-electron chi connectivity index (χ4n) is 1.92. The highest BCUT2D eigenvalue weighted by Gasteiger charge is 2.21. The number of thioether (sulfide) groups is 2. The lowest BCUT2D eigenvalue weighted by atomic mass is 10.2. The fraction of sp³-hybridized carbons (Fsp3) is 0.429. The number of halogens is 1. The number of benzene rings is 1. The average Bonchev–Trinajstić information content (AvgIpc) is 2.73. The number of aromatic nitrogens is 2. The molecule has 1 heterocycles. The first kappa shape index (κ1) is 16.5. The number of carboxylic acid groups (broad SMARTS) is 1. The van der Waals surface area contributed by atoms with Crippen LogP contribution in [-0.2, 0) is 11.3 Å². The Morgan fingerprint density at radius 1 is 1.48 bits per heavy atom. The van der Waals surface area contributed by atoms with Crippen molar-refractivity contribution in [1.29, 1.82) is 0 Å².